The zero-order chi connectivity index (χ0) is 13.9. The Morgan fingerprint density at radius 2 is 1.65 bits per heavy atom. The first-order valence-corrected chi connectivity index (χ1v) is 6.45. The summed E-state index contributed by atoms with van der Waals surface area (Å²) >= 11 is 0. The summed E-state index contributed by atoms with van der Waals surface area (Å²) in [6.45, 7) is 0. The molecule has 0 aliphatic carbocycles. The van der Waals surface area contributed by atoms with E-state index in [1.165, 1.54) is 0 Å². The normalized spacial score (nSPS) is 12.2. The topological polar surface area (TPSA) is 56.0 Å². The van der Waals surface area contributed by atoms with Crippen molar-refractivity contribution in [1.82, 2.24) is 4.98 Å². The molecule has 2 aromatic carbocycles. The summed E-state index contributed by atoms with van der Waals surface area (Å²) < 4.78 is 0. The van der Waals surface area contributed by atoms with Gasteiger partial charge in [0.1, 0.15) is 0 Å². The maximum absolute atomic E-state index is 11.9. The van der Waals surface area contributed by atoms with Crippen LogP contribution in [0, 0.1) is 0 Å². The summed E-state index contributed by atoms with van der Waals surface area (Å²) in [5, 5.41) is 0.961. The Bertz CT molecular complexity index is 748. The fourth-order valence-electron chi connectivity index (χ4n) is 2.51. The first-order chi connectivity index (χ1) is 9.77. The number of carbonyl (C=O) groups is 1. The van der Waals surface area contributed by atoms with E-state index in [1.54, 1.807) is 6.20 Å². The second-order valence-corrected chi connectivity index (χ2v) is 4.66. The number of benzene rings is 2. The van der Waals surface area contributed by atoms with Gasteiger partial charge in [0.15, 0.2) is 0 Å². The van der Waals surface area contributed by atoms with Gasteiger partial charge in [-0.1, -0.05) is 48.5 Å². The van der Waals surface area contributed by atoms with Crippen molar-refractivity contribution in [2.75, 3.05) is 0 Å². The number of aromatic nitrogens is 1. The second kappa shape index (κ2) is 5.13. The van der Waals surface area contributed by atoms with Crippen LogP contribution >= 0.6 is 0 Å². The lowest BCUT2D eigenvalue weighted by Crippen LogP contribution is -2.22. The number of nitrogens with zero attached hydrogens (tertiary/aromatic N) is 1. The number of fused-ring (bicyclic) bond motifs is 1. The van der Waals surface area contributed by atoms with Gasteiger partial charge in [-0.3, -0.25) is 9.78 Å². The van der Waals surface area contributed by atoms with Gasteiger partial charge in [0, 0.05) is 11.6 Å². The van der Waals surface area contributed by atoms with Gasteiger partial charge in [-0.15, -0.1) is 0 Å². The maximum Gasteiger partial charge on any atom is 0.229 e. The van der Waals surface area contributed by atoms with Crippen molar-refractivity contribution in [2.24, 2.45) is 5.73 Å². The Hall–Kier alpha value is -2.68. The average Bonchev–Trinajstić information content (AvgIpc) is 2.48. The molecule has 0 saturated carbocycles. The molecule has 20 heavy (non-hydrogen) atoms. The van der Waals surface area contributed by atoms with Gasteiger partial charge in [-0.05, 0) is 23.3 Å². The average molecular weight is 262 g/mol. The molecule has 1 amide bonds. The molecule has 1 heterocycles. The molecule has 0 aliphatic heterocycles. The van der Waals surface area contributed by atoms with Crippen LogP contribution in [0.15, 0.2) is 66.9 Å². The molecule has 1 aromatic heterocycles. The van der Waals surface area contributed by atoms with Crippen LogP contribution in [0.1, 0.15) is 17.0 Å². The van der Waals surface area contributed by atoms with Crippen molar-refractivity contribution in [3.63, 3.8) is 0 Å². The third kappa shape index (κ3) is 2.14. The minimum Gasteiger partial charge on any atom is -0.369 e. The quantitative estimate of drug-likeness (QED) is 0.789. The van der Waals surface area contributed by atoms with Gasteiger partial charge in [0.05, 0.1) is 11.4 Å². The molecule has 3 heteroatoms. The van der Waals surface area contributed by atoms with Crippen molar-refractivity contribution in [3.8, 4) is 0 Å². The lowest BCUT2D eigenvalue weighted by Gasteiger charge is -2.16. The molecule has 2 N–H and O–H groups in total. The Balaban J connectivity index is 2.23. The number of carbonyl (C=O) groups excluding carboxylic acids is 1. The van der Waals surface area contributed by atoms with Crippen LogP contribution in [-0.4, -0.2) is 10.9 Å². The van der Waals surface area contributed by atoms with Crippen LogP contribution in [-0.2, 0) is 4.79 Å². The van der Waals surface area contributed by atoms with Gasteiger partial charge in [0.2, 0.25) is 5.91 Å². The van der Waals surface area contributed by atoms with Gasteiger partial charge in [-0.2, -0.15) is 0 Å². The smallest absolute Gasteiger partial charge is 0.229 e. The lowest BCUT2D eigenvalue weighted by molar-refractivity contribution is -0.118. The number of primary amides is 1. The molecule has 0 bridgehead atoms. The molecule has 0 radical (unpaired) electrons. The van der Waals surface area contributed by atoms with E-state index >= 15 is 0 Å². The molecule has 1 unspecified atom stereocenters. The highest BCUT2D eigenvalue weighted by Crippen LogP contribution is 2.29. The van der Waals surface area contributed by atoms with Gasteiger partial charge in [0.25, 0.3) is 0 Å². The van der Waals surface area contributed by atoms with Crippen molar-refractivity contribution >= 4 is 16.8 Å². The monoisotopic (exact) mass is 262 g/mol. The van der Waals surface area contributed by atoms with Gasteiger partial charge < -0.3 is 5.73 Å². The second-order valence-electron chi connectivity index (χ2n) is 4.66. The summed E-state index contributed by atoms with van der Waals surface area (Å²) in [6.07, 6.45) is 1.72. The summed E-state index contributed by atoms with van der Waals surface area (Å²) in [6, 6.07) is 19.2. The predicted molar refractivity (Wildman–Crippen MR) is 79.2 cm³/mol. The van der Waals surface area contributed by atoms with Crippen molar-refractivity contribution < 1.29 is 4.79 Å². The van der Waals surface area contributed by atoms with E-state index in [0.29, 0.717) is 0 Å². The van der Waals surface area contributed by atoms with Gasteiger partial charge in [-0.25, -0.2) is 0 Å². The summed E-state index contributed by atoms with van der Waals surface area (Å²) in [4.78, 5) is 16.3. The van der Waals surface area contributed by atoms with Crippen LogP contribution in [0.3, 0.4) is 0 Å². The minimum absolute atomic E-state index is 0.354. The summed E-state index contributed by atoms with van der Waals surface area (Å²) in [7, 11) is 0. The summed E-state index contributed by atoms with van der Waals surface area (Å²) in [5.74, 6) is -0.809. The van der Waals surface area contributed by atoms with E-state index in [1.807, 2.05) is 60.7 Å². The van der Waals surface area contributed by atoms with E-state index in [0.717, 1.165) is 22.0 Å². The molecular weight excluding hydrogens is 248 g/mol. The van der Waals surface area contributed by atoms with Crippen LogP contribution in [0.4, 0.5) is 0 Å². The van der Waals surface area contributed by atoms with Crippen LogP contribution in [0.25, 0.3) is 10.9 Å². The van der Waals surface area contributed by atoms with Gasteiger partial charge >= 0.3 is 0 Å². The number of amides is 1. The van der Waals surface area contributed by atoms with E-state index in [2.05, 4.69) is 4.98 Å². The highest BCUT2D eigenvalue weighted by atomic mass is 16.1. The third-order valence-corrected chi connectivity index (χ3v) is 3.41. The number of nitrogens with two attached hydrogens (primary N) is 1. The highest BCUT2D eigenvalue weighted by Gasteiger charge is 2.22. The fourth-order valence-corrected chi connectivity index (χ4v) is 2.51. The first kappa shape index (κ1) is 12.4. The van der Waals surface area contributed by atoms with E-state index in [9.17, 15) is 4.79 Å². The molecule has 0 aliphatic rings. The van der Waals surface area contributed by atoms with E-state index in [-0.39, 0.29) is 5.91 Å². The molecule has 0 fully saturated rings. The Morgan fingerprint density at radius 1 is 0.950 bits per heavy atom. The molecule has 1 atom stereocenters. The molecule has 3 aromatic rings. The predicted octanol–water partition coefficient (Wildman–Crippen LogP) is 2.85. The van der Waals surface area contributed by atoms with Crippen LogP contribution in [0.2, 0.25) is 0 Å². The zero-order valence-corrected chi connectivity index (χ0v) is 10.9. The van der Waals surface area contributed by atoms with Crippen LogP contribution < -0.4 is 5.73 Å². The number of para-hydroxylation sites is 1. The maximum atomic E-state index is 11.9. The molecular formula is C17H14N2O. The zero-order valence-electron chi connectivity index (χ0n) is 10.9. The molecule has 0 spiro atoms. The molecule has 98 valence electrons. The Kier molecular flexibility index (Phi) is 3.17. The third-order valence-electron chi connectivity index (χ3n) is 3.41. The Labute approximate surface area is 117 Å². The highest BCUT2D eigenvalue weighted by molar-refractivity contribution is 5.92. The largest absolute Gasteiger partial charge is 0.369 e. The van der Waals surface area contributed by atoms with Crippen molar-refractivity contribution in [2.45, 2.75) is 5.92 Å². The number of hydrogen-bond donors (Lipinski definition) is 1. The summed E-state index contributed by atoms with van der Waals surface area (Å²) in [5.41, 5.74) is 8.30. The van der Waals surface area contributed by atoms with E-state index < -0.39 is 5.92 Å². The van der Waals surface area contributed by atoms with E-state index in [4.69, 9.17) is 5.73 Å². The molecule has 3 rings (SSSR count). The number of pyridine rings is 1. The minimum atomic E-state index is -0.455. The van der Waals surface area contributed by atoms with Crippen LogP contribution in [0.5, 0.6) is 0 Å². The molecule has 3 nitrogen and oxygen atoms in total. The first-order valence-electron chi connectivity index (χ1n) is 6.45. The number of rotatable bonds is 3. The van der Waals surface area contributed by atoms with Crippen molar-refractivity contribution in [3.05, 3.63) is 78.0 Å². The lowest BCUT2D eigenvalue weighted by atomic mass is 9.89. The SMILES string of the molecule is NC(=O)C(c1ccccc1)c1ccnc2ccccc12. The fraction of sp³-hybridized carbons (Fsp3) is 0.0588. The number of hydrogen-bond acceptors (Lipinski definition) is 2. The standard InChI is InChI=1S/C17H14N2O/c18-17(20)16(12-6-2-1-3-7-12)14-10-11-19-15-9-5-4-8-13(14)15/h1-11,16H,(H2,18,20). The van der Waals surface area contributed by atoms with Crippen molar-refractivity contribution in [1.29, 1.82) is 0 Å². The molecule has 0 saturated heterocycles. The Morgan fingerprint density at radius 3 is 2.40 bits per heavy atom.